The average molecular weight is 189 g/mol. The first-order valence-corrected chi connectivity index (χ1v) is 5.09. The van der Waals surface area contributed by atoms with E-state index in [0.717, 1.165) is 0 Å². The molecule has 5 nitrogen and oxygen atoms in total. The molecular weight excluding hydrogens is 178 g/mol. The van der Waals surface area contributed by atoms with Crippen LogP contribution in [0.15, 0.2) is 17.0 Å². The van der Waals surface area contributed by atoms with E-state index in [1.807, 2.05) is 0 Å². The van der Waals surface area contributed by atoms with Crippen LogP contribution in [0, 0.1) is 4.78 Å². The highest BCUT2D eigenvalue weighted by atomic mass is 32.2. The molecule has 1 aromatic rings. The molecule has 0 spiro atoms. The third-order valence-corrected chi connectivity index (χ3v) is 3.23. The molecule has 0 aliphatic heterocycles. The molecule has 0 aliphatic rings. The lowest BCUT2D eigenvalue weighted by Crippen LogP contribution is -2.20. The minimum absolute atomic E-state index is 0.243. The van der Waals surface area contributed by atoms with Gasteiger partial charge in [-0.25, -0.2) is 8.99 Å². The van der Waals surface area contributed by atoms with Gasteiger partial charge in [0.25, 0.3) is 0 Å². The van der Waals surface area contributed by atoms with Gasteiger partial charge in [-0.15, -0.1) is 0 Å². The van der Waals surface area contributed by atoms with E-state index in [0.29, 0.717) is 5.69 Å². The maximum atomic E-state index is 11.4. The lowest BCUT2D eigenvalue weighted by molar-refractivity contribution is 0.420. The van der Waals surface area contributed by atoms with Gasteiger partial charge in [-0.05, 0) is 13.8 Å². The second-order valence-corrected chi connectivity index (χ2v) is 5.01. The molecule has 0 radical (unpaired) electrons. The molecule has 0 amide bonds. The summed E-state index contributed by atoms with van der Waals surface area (Å²) in [6.45, 7) is 3.44. The second kappa shape index (κ2) is 3.14. The van der Waals surface area contributed by atoms with Crippen LogP contribution in [-0.4, -0.2) is 14.6 Å². The molecule has 0 saturated heterocycles. The van der Waals surface area contributed by atoms with Crippen LogP contribution >= 0.6 is 0 Å². The zero-order valence-corrected chi connectivity index (χ0v) is 7.72. The van der Waals surface area contributed by atoms with Crippen molar-refractivity contribution in [3.8, 4) is 0 Å². The third-order valence-electron chi connectivity index (χ3n) is 1.37. The van der Waals surface area contributed by atoms with E-state index in [1.54, 1.807) is 13.8 Å². The normalized spacial score (nSPS) is 15.9. The van der Waals surface area contributed by atoms with E-state index < -0.39 is 9.92 Å². The summed E-state index contributed by atoms with van der Waals surface area (Å²) in [5.41, 5.74) is 0.476. The average Bonchev–Trinajstić information content (AvgIpc) is 2.38. The van der Waals surface area contributed by atoms with Gasteiger partial charge >= 0.3 is 0 Å². The summed E-state index contributed by atoms with van der Waals surface area (Å²) in [7, 11) is -2.77. The van der Waals surface area contributed by atoms with Gasteiger partial charge in [0.15, 0.2) is 0 Å². The summed E-state index contributed by atoms with van der Waals surface area (Å²) in [6.07, 6.45) is 2.70. The second-order valence-electron chi connectivity index (χ2n) is 2.66. The molecule has 1 aromatic heterocycles. The van der Waals surface area contributed by atoms with Gasteiger partial charge in [0.2, 0.25) is 0 Å². The van der Waals surface area contributed by atoms with Crippen molar-refractivity contribution in [1.29, 1.82) is 4.78 Å². The summed E-state index contributed by atoms with van der Waals surface area (Å²) < 4.78 is 25.9. The summed E-state index contributed by atoms with van der Waals surface area (Å²) in [6, 6.07) is 0. The van der Waals surface area contributed by atoms with Crippen molar-refractivity contribution < 1.29 is 8.73 Å². The van der Waals surface area contributed by atoms with Crippen molar-refractivity contribution >= 4 is 15.6 Å². The van der Waals surface area contributed by atoms with Crippen LogP contribution in [0.1, 0.15) is 13.8 Å². The zero-order chi connectivity index (χ0) is 9.19. The van der Waals surface area contributed by atoms with Crippen molar-refractivity contribution in [2.45, 2.75) is 19.1 Å². The van der Waals surface area contributed by atoms with Gasteiger partial charge < -0.3 is 4.52 Å². The Kier molecular flexibility index (Phi) is 2.37. The topological polar surface area (TPSA) is 79.0 Å². The lowest BCUT2D eigenvalue weighted by atomic mass is 10.6. The van der Waals surface area contributed by atoms with Gasteiger partial charge in [0.1, 0.15) is 21.9 Å². The van der Waals surface area contributed by atoms with Gasteiger partial charge in [-0.1, -0.05) is 5.16 Å². The van der Waals surface area contributed by atoms with Gasteiger partial charge in [0.05, 0.1) is 11.4 Å². The monoisotopic (exact) mass is 189 g/mol. The number of hydrogen-bond acceptors (Lipinski definition) is 4. The SMILES string of the molecule is CC(C)S(=N)(=O)Nc1cnoc1. The predicted octanol–water partition coefficient (Wildman–Crippen LogP) is 1.46. The molecule has 0 aliphatic carbocycles. The Bertz CT molecular complexity index is 328. The summed E-state index contributed by atoms with van der Waals surface area (Å²) in [5, 5.41) is 3.18. The smallest absolute Gasteiger partial charge is 0.147 e. The summed E-state index contributed by atoms with van der Waals surface area (Å²) >= 11 is 0. The molecule has 0 fully saturated rings. The lowest BCUT2D eigenvalue weighted by Gasteiger charge is -2.10. The van der Waals surface area contributed by atoms with E-state index in [2.05, 4.69) is 14.4 Å². The fourth-order valence-corrected chi connectivity index (χ4v) is 1.23. The molecule has 1 atom stereocenters. The van der Waals surface area contributed by atoms with Crippen molar-refractivity contribution in [2.24, 2.45) is 0 Å². The maximum Gasteiger partial charge on any atom is 0.147 e. The third kappa shape index (κ3) is 1.97. The summed E-state index contributed by atoms with van der Waals surface area (Å²) in [4.78, 5) is 0. The highest BCUT2D eigenvalue weighted by Crippen LogP contribution is 2.10. The molecule has 1 unspecified atom stereocenters. The Morgan fingerprint density at radius 3 is 2.83 bits per heavy atom. The van der Waals surface area contributed by atoms with Crippen molar-refractivity contribution in [2.75, 3.05) is 4.72 Å². The molecule has 0 aromatic carbocycles. The van der Waals surface area contributed by atoms with Crippen LogP contribution in [0.25, 0.3) is 0 Å². The molecule has 0 bridgehead atoms. The van der Waals surface area contributed by atoms with Crippen LogP contribution in [0.2, 0.25) is 0 Å². The Labute approximate surface area is 71.2 Å². The van der Waals surface area contributed by atoms with Crippen molar-refractivity contribution in [3.63, 3.8) is 0 Å². The fraction of sp³-hybridized carbons (Fsp3) is 0.500. The maximum absolute atomic E-state index is 11.4. The molecular formula is C6H11N3O2S. The minimum Gasteiger partial charge on any atom is -0.362 e. The molecule has 1 heterocycles. The first kappa shape index (κ1) is 9.05. The van der Waals surface area contributed by atoms with Crippen LogP contribution in [0.5, 0.6) is 0 Å². The standard InChI is InChI=1S/C6H11N3O2S/c1-5(2)12(7,10)9-6-3-8-11-4-6/h3-5H,1-2H3,(H2,7,9,10). The number of anilines is 1. The fourth-order valence-electron chi connectivity index (χ4n) is 0.548. The molecule has 12 heavy (non-hydrogen) atoms. The number of nitrogens with one attached hydrogen (secondary N) is 2. The van der Waals surface area contributed by atoms with E-state index in [1.165, 1.54) is 12.5 Å². The van der Waals surface area contributed by atoms with E-state index in [9.17, 15) is 4.21 Å². The molecule has 1 rings (SSSR count). The quantitative estimate of drug-likeness (QED) is 0.755. The number of nitrogens with zero attached hydrogens (tertiary/aromatic N) is 1. The van der Waals surface area contributed by atoms with Crippen molar-refractivity contribution in [1.82, 2.24) is 5.16 Å². The summed E-state index contributed by atoms with van der Waals surface area (Å²) in [5.74, 6) is 0. The Hall–Kier alpha value is -1.04. The van der Waals surface area contributed by atoms with Crippen LogP contribution in [0.4, 0.5) is 5.69 Å². The highest BCUT2D eigenvalue weighted by molar-refractivity contribution is 7.94. The highest BCUT2D eigenvalue weighted by Gasteiger charge is 2.11. The van der Waals surface area contributed by atoms with Crippen LogP contribution in [-0.2, 0) is 9.92 Å². The predicted molar refractivity (Wildman–Crippen MR) is 46.1 cm³/mol. The molecule has 2 N–H and O–H groups in total. The van der Waals surface area contributed by atoms with E-state index in [4.69, 9.17) is 4.78 Å². The number of hydrogen-bond donors (Lipinski definition) is 2. The van der Waals surface area contributed by atoms with Gasteiger partial charge in [0, 0.05) is 0 Å². The van der Waals surface area contributed by atoms with Gasteiger partial charge in [-0.2, -0.15) is 0 Å². The first-order valence-electron chi connectivity index (χ1n) is 3.47. The zero-order valence-electron chi connectivity index (χ0n) is 6.90. The van der Waals surface area contributed by atoms with E-state index in [-0.39, 0.29) is 5.25 Å². The Balaban J connectivity index is 2.77. The Morgan fingerprint density at radius 1 is 1.75 bits per heavy atom. The first-order chi connectivity index (χ1) is 5.52. The molecule has 6 heteroatoms. The van der Waals surface area contributed by atoms with Crippen molar-refractivity contribution in [3.05, 3.63) is 12.5 Å². The van der Waals surface area contributed by atoms with E-state index >= 15 is 0 Å². The number of aromatic nitrogens is 1. The largest absolute Gasteiger partial charge is 0.362 e. The number of rotatable bonds is 3. The van der Waals surface area contributed by atoms with Crippen LogP contribution < -0.4 is 4.72 Å². The molecule has 68 valence electrons. The van der Waals surface area contributed by atoms with Gasteiger partial charge in [-0.3, -0.25) is 4.72 Å². The van der Waals surface area contributed by atoms with Crippen LogP contribution in [0.3, 0.4) is 0 Å². The Morgan fingerprint density at radius 2 is 2.42 bits per heavy atom. The molecule has 0 saturated carbocycles. The minimum atomic E-state index is -2.77.